The fourth-order valence-corrected chi connectivity index (χ4v) is 5.43. The number of nitrogens with two attached hydrogens (primary N) is 2. The highest BCUT2D eigenvalue weighted by Crippen LogP contribution is 2.42. The lowest BCUT2D eigenvalue weighted by molar-refractivity contribution is 0.0996. The number of fused-ring (bicyclic) bond motifs is 1. The number of nitrogens with zero attached hydrogens (tertiary/aromatic N) is 3. The van der Waals surface area contributed by atoms with E-state index in [0.717, 1.165) is 33.2 Å². The first-order chi connectivity index (χ1) is 15.5. The average Bonchev–Trinajstić information content (AvgIpc) is 3.41. The normalized spacial score (nSPS) is 14.1. The number of nitrogens with one attached hydrogen (secondary N) is 1. The summed E-state index contributed by atoms with van der Waals surface area (Å²) in [7, 11) is 0. The second kappa shape index (κ2) is 8.22. The summed E-state index contributed by atoms with van der Waals surface area (Å²) in [5.74, 6) is -0.681. The maximum atomic E-state index is 12.7. The molecule has 164 valence electrons. The quantitative estimate of drug-likeness (QED) is 0.400. The molecule has 5 rings (SSSR count). The first kappa shape index (κ1) is 20.4. The van der Waals surface area contributed by atoms with E-state index in [1.165, 1.54) is 29.1 Å². The van der Waals surface area contributed by atoms with E-state index >= 15 is 0 Å². The van der Waals surface area contributed by atoms with Crippen LogP contribution in [0.15, 0.2) is 40.0 Å². The Labute approximate surface area is 189 Å². The molecule has 5 N–H and O–H groups in total. The Kier molecular flexibility index (Phi) is 5.25. The molecule has 0 spiro atoms. The van der Waals surface area contributed by atoms with Gasteiger partial charge in [0.2, 0.25) is 5.43 Å². The molecule has 0 unspecified atom stereocenters. The Hall–Kier alpha value is -3.48. The van der Waals surface area contributed by atoms with Gasteiger partial charge in [-0.3, -0.25) is 9.59 Å². The van der Waals surface area contributed by atoms with Crippen LogP contribution in [0.5, 0.6) is 0 Å². The summed E-state index contributed by atoms with van der Waals surface area (Å²) < 4.78 is 16.1. The summed E-state index contributed by atoms with van der Waals surface area (Å²) in [5.41, 5.74) is 13.6. The van der Waals surface area contributed by atoms with Crippen LogP contribution in [0.2, 0.25) is 0 Å². The molecule has 0 atom stereocenters. The third kappa shape index (κ3) is 3.68. The number of aromatic nitrogens is 2. The van der Waals surface area contributed by atoms with E-state index in [0.29, 0.717) is 35.9 Å². The van der Waals surface area contributed by atoms with Crippen molar-refractivity contribution in [3.8, 4) is 10.4 Å². The number of ether oxygens (including phenoxy) is 1. The highest BCUT2D eigenvalue weighted by atomic mass is 32.1. The van der Waals surface area contributed by atoms with Gasteiger partial charge in [-0.25, -0.2) is 4.98 Å². The topological polar surface area (TPSA) is 150 Å². The van der Waals surface area contributed by atoms with Crippen LogP contribution in [0.4, 0.5) is 22.1 Å². The van der Waals surface area contributed by atoms with Crippen molar-refractivity contribution < 1.29 is 13.9 Å². The van der Waals surface area contributed by atoms with Crippen molar-refractivity contribution in [3.63, 3.8) is 0 Å². The van der Waals surface area contributed by atoms with Crippen molar-refractivity contribution in [2.75, 3.05) is 42.3 Å². The molecule has 0 bridgehead atoms. The minimum Gasteiger partial charge on any atom is -0.459 e. The lowest BCUT2D eigenvalue weighted by atomic mass is 10.2. The zero-order valence-corrected chi connectivity index (χ0v) is 18.3. The fourth-order valence-electron chi connectivity index (χ4n) is 3.47. The Bertz CT molecular complexity index is 1370. The van der Waals surface area contributed by atoms with Gasteiger partial charge < -0.3 is 30.8 Å². The molecule has 4 aromatic rings. The second-order valence-electron chi connectivity index (χ2n) is 7.08. The summed E-state index contributed by atoms with van der Waals surface area (Å²) in [5, 5.41) is 4.02. The van der Waals surface area contributed by atoms with Gasteiger partial charge in [-0.2, -0.15) is 4.37 Å². The molecule has 1 aliphatic rings. The molecule has 10 nitrogen and oxygen atoms in total. The molecule has 1 amide bonds. The minimum absolute atomic E-state index is 0.0627. The second-order valence-corrected chi connectivity index (χ2v) is 8.91. The smallest absolute Gasteiger partial charge is 0.269 e. The molecular formula is C20H18N6O4S2. The van der Waals surface area contributed by atoms with Crippen molar-refractivity contribution in [2.24, 2.45) is 5.73 Å². The lowest BCUT2D eigenvalue weighted by Crippen LogP contribution is -2.36. The van der Waals surface area contributed by atoms with Crippen molar-refractivity contribution in [3.05, 3.63) is 46.7 Å². The Morgan fingerprint density at radius 3 is 2.78 bits per heavy atom. The fraction of sp³-hybridized carbons (Fsp3) is 0.200. The number of carbonyl (C=O) groups excluding carboxylic acids is 1. The molecule has 0 aromatic carbocycles. The van der Waals surface area contributed by atoms with Crippen LogP contribution in [-0.2, 0) is 4.74 Å². The van der Waals surface area contributed by atoms with Crippen molar-refractivity contribution in [2.45, 2.75) is 0 Å². The number of pyridine rings is 1. The van der Waals surface area contributed by atoms with Crippen LogP contribution < -0.4 is 27.1 Å². The number of hydrogen-bond donors (Lipinski definition) is 3. The van der Waals surface area contributed by atoms with Gasteiger partial charge in [-0.05, 0) is 17.6 Å². The summed E-state index contributed by atoms with van der Waals surface area (Å²) in [4.78, 5) is 31.4. The third-order valence-corrected chi connectivity index (χ3v) is 7.01. The van der Waals surface area contributed by atoms with Gasteiger partial charge in [0, 0.05) is 19.2 Å². The van der Waals surface area contributed by atoms with Gasteiger partial charge >= 0.3 is 0 Å². The molecule has 1 saturated heterocycles. The standard InChI is InChI=1S/C20H18N6O4S2/c21-10-5-12(16(20(22)28)23-7-10)25-13-8-24-32-18(13)11-9-30-17-14(27)6-15(31-19(11)17)26-1-3-29-4-2-26/h5-9,25H,1-4,21H2,(H2,22,28). The zero-order valence-electron chi connectivity index (χ0n) is 16.7. The predicted molar refractivity (Wildman–Crippen MR) is 125 cm³/mol. The van der Waals surface area contributed by atoms with Crippen molar-refractivity contribution >= 4 is 61.1 Å². The third-order valence-electron chi connectivity index (χ3n) is 4.98. The first-order valence-corrected chi connectivity index (χ1v) is 11.3. The number of morpholine rings is 1. The van der Waals surface area contributed by atoms with E-state index < -0.39 is 5.91 Å². The van der Waals surface area contributed by atoms with E-state index in [-0.39, 0.29) is 11.1 Å². The molecule has 1 aliphatic heterocycles. The summed E-state index contributed by atoms with van der Waals surface area (Å²) in [6, 6.07) is 3.19. The number of furan rings is 1. The maximum absolute atomic E-state index is 12.7. The summed E-state index contributed by atoms with van der Waals surface area (Å²) in [6.45, 7) is 2.69. The lowest BCUT2D eigenvalue weighted by Gasteiger charge is -2.27. The number of rotatable bonds is 5. The number of anilines is 4. The van der Waals surface area contributed by atoms with Crippen molar-refractivity contribution in [1.82, 2.24) is 9.36 Å². The molecule has 0 aliphatic carbocycles. The van der Waals surface area contributed by atoms with E-state index in [2.05, 4.69) is 19.6 Å². The number of nitrogen functional groups attached to an aromatic ring is 1. The molecule has 4 aromatic heterocycles. The highest BCUT2D eigenvalue weighted by Gasteiger charge is 2.21. The van der Waals surface area contributed by atoms with Crippen LogP contribution in [0.25, 0.3) is 20.7 Å². The number of hydrogen-bond acceptors (Lipinski definition) is 11. The van der Waals surface area contributed by atoms with Gasteiger partial charge in [0.1, 0.15) is 6.26 Å². The van der Waals surface area contributed by atoms with E-state index in [9.17, 15) is 9.59 Å². The van der Waals surface area contributed by atoms with Crippen LogP contribution in [0, 0.1) is 0 Å². The zero-order chi connectivity index (χ0) is 22.2. The van der Waals surface area contributed by atoms with E-state index in [4.69, 9.17) is 20.6 Å². The van der Waals surface area contributed by atoms with Gasteiger partial charge in [0.05, 0.1) is 62.8 Å². The summed E-state index contributed by atoms with van der Waals surface area (Å²) in [6.07, 6.45) is 4.55. The molecule has 1 fully saturated rings. The Balaban J connectivity index is 1.57. The van der Waals surface area contributed by atoms with Crippen LogP contribution in [0.1, 0.15) is 10.5 Å². The molecule has 0 radical (unpaired) electrons. The predicted octanol–water partition coefficient (Wildman–Crippen LogP) is 2.63. The van der Waals surface area contributed by atoms with E-state index in [1.54, 1.807) is 24.6 Å². The summed E-state index contributed by atoms with van der Waals surface area (Å²) >= 11 is 2.72. The Morgan fingerprint density at radius 1 is 1.19 bits per heavy atom. The monoisotopic (exact) mass is 470 g/mol. The average molecular weight is 471 g/mol. The largest absolute Gasteiger partial charge is 0.459 e. The molecule has 0 saturated carbocycles. The van der Waals surface area contributed by atoms with Gasteiger partial charge in [-0.15, -0.1) is 11.3 Å². The maximum Gasteiger partial charge on any atom is 0.269 e. The molecular weight excluding hydrogens is 452 g/mol. The van der Waals surface area contributed by atoms with Crippen LogP contribution >= 0.6 is 22.9 Å². The Morgan fingerprint density at radius 2 is 2.00 bits per heavy atom. The van der Waals surface area contributed by atoms with Crippen LogP contribution in [-0.4, -0.2) is 41.6 Å². The number of amides is 1. The minimum atomic E-state index is -0.681. The number of primary amides is 1. The molecule has 32 heavy (non-hydrogen) atoms. The van der Waals surface area contributed by atoms with Crippen molar-refractivity contribution in [1.29, 1.82) is 0 Å². The van der Waals surface area contributed by atoms with E-state index in [1.807, 2.05) is 0 Å². The molecule has 12 heteroatoms. The van der Waals surface area contributed by atoms with Crippen LogP contribution in [0.3, 0.4) is 0 Å². The highest BCUT2D eigenvalue weighted by molar-refractivity contribution is 7.23. The number of carbonyl (C=O) groups is 1. The SMILES string of the molecule is NC(=O)c1ncc(N)cc1Nc1cnsc1-c1coc2c(=O)cc(N3CCOCC3)sc12. The van der Waals surface area contributed by atoms with Gasteiger partial charge in [-0.1, -0.05) is 0 Å². The van der Waals surface area contributed by atoms with Gasteiger partial charge in [0.15, 0.2) is 11.3 Å². The van der Waals surface area contributed by atoms with Gasteiger partial charge in [0.25, 0.3) is 5.91 Å². The molecule has 5 heterocycles. The first-order valence-electron chi connectivity index (χ1n) is 9.66.